The van der Waals surface area contributed by atoms with E-state index in [4.69, 9.17) is 16.3 Å². The fourth-order valence-corrected chi connectivity index (χ4v) is 7.98. The SMILES string of the molecule is O=C1C2Sc3[nH]c(=O)sc3C(c3cc(Br)ccc3OCc3cccc(Cl)c3)C2C(=O)N1c1ccc(F)cc1. The monoisotopic (exact) mass is 630 g/mol. The standard InChI is InChI=1S/C27H17BrClFN2O4S2/c28-14-4-9-19(36-12-13-2-1-3-15(29)10-13)18(11-14)20-21-23(37-24-22(20)38-27(35)31-24)26(34)32(25(21)33)17-7-5-16(30)6-8-17/h1-11,20-21,23H,12H2,(H,31,35). The zero-order valence-corrected chi connectivity index (χ0v) is 23.3. The number of imide groups is 1. The summed E-state index contributed by atoms with van der Waals surface area (Å²) in [7, 11) is 0. The number of carbonyl (C=O) groups excluding carboxylic acids is 2. The number of amides is 2. The van der Waals surface area contributed by atoms with Crippen LogP contribution in [-0.2, 0) is 16.2 Å². The molecule has 0 aliphatic carbocycles. The number of hydrogen-bond acceptors (Lipinski definition) is 6. The third-order valence-corrected chi connectivity index (χ3v) is 9.63. The number of ether oxygens (including phenoxy) is 1. The highest BCUT2D eigenvalue weighted by molar-refractivity contribution is 9.10. The van der Waals surface area contributed by atoms with Crippen LogP contribution in [0.3, 0.4) is 0 Å². The summed E-state index contributed by atoms with van der Waals surface area (Å²) in [5.74, 6) is -2.16. The van der Waals surface area contributed by atoms with Crippen LogP contribution in [0.15, 0.2) is 81.0 Å². The fourth-order valence-electron chi connectivity index (χ4n) is 4.88. The molecule has 192 valence electrons. The first-order valence-electron chi connectivity index (χ1n) is 11.5. The Bertz CT molecular complexity index is 1640. The summed E-state index contributed by atoms with van der Waals surface area (Å²) in [6.45, 7) is 0.232. The van der Waals surface area contributed by atoms with Crippen molar-refractivity contribution in [3.8, 4) is 5.75 Å². The van der Waals surface area contributed by atoms with Crippen LogP contribution >= 0.6 is 50.6 Å². The second-order valence-corrected chi connectivity index (χ2v) is 12.4. The maximum Gasteiger partial charge on any atom is 0.305 e. The van der Waals surface area contributed by atoms with Crippen molar-refractivity contribution >= 4 is 68.1 Å². The Morgan fingerprint density at radius 2 is 1.82 bits per heavy atom. The minimum atomic E-state index is -0.792. The Hall–Kier alpha value is -2.92. The number of anilines is 1. The van der Waals surface area contributed by atoms with Crippen molar-refractivity contribution in [1.82, 2.24) is 4.98 Å². The summed E-state index contributed by atoms with van der Waals surface area (Å²) >= 11 is 11.9. The zero-order valence-electron chi connectivity index (χ0n) is 19.3. The number of thioether (sulfide) groups is 1. The molecule has 1 fully saturated rings. The van der Waals surface area contributed by atoms with Crippen LogP contribution in [0.1, 0.15) is 21.9 Å². The van der Waals surface area contributed by atoms with E-state index in [-0.39, 0.29) is 11.5 Å². The molecule has 3 atom stereocenters. The molecule has 1 N–H and O–H groups in total. The number of thiazole rings is 1. The summed E-state index contributed by atoms with van der Waals surface area (Å²) in [5.41, 5.74) is 1.85. The van der Waals surface area contributed by atoms with Crippen LogP contribution in [0.4, 0.5) is 10.1 Å². The van der Waals surface area contributed by atoms with Crippen molar-refractivity contribution in [1.29, 1.82) is 0 Å². The highest BCUT2D eigenvalue weighted by Gasteiger charge is 2.56. The molecule has 3 unspecified atom stereocenters. The van der Waals surface area contributed by atoms with Crippen LogP contribution < -0.4 is 14.5 Å². The van der Waals surface area contributed by atoms with E-state index in [0.29, 0.717) is 31.9 Å². The average molecular weight is 632 g/mol. The van der Waals surface area contributed by atoms with Crippen molar-refractivity contribution in [3.05, 3.63) is 108 Å². The first-order valence-corrected chi connectivity index (χ1v) is 14.4. The first kappa shape index (κ1) is 25.4. The molecule has 2 aliphatic rings. The van der Waals surface area contributed by atoms with Gasteiger partial charge < -0.3 is 9.72 Å². The lowest BCUT2D eigenvalue weighted by atomic mass is 9.82. The number of benzene rings is 3. The van der Waals surface area contributed by atoms with E-state index in [0.717, 1.165) is 26.3 Å². The third-order valence-electron chi connectivity index (χ3n) is 6.50. The maximum atomic E-state index is 13.9. The molecule has 3 aromatic carbocycles. The van der Waals surface area contributed by atoms with Crippen molar-refractivity contribution < 1.29 is 18.7 Å². The van der Waals surface area contributed by atoms with E-state index in [1.165, 1.54) is 36.0 Å². The van der Waals surface area contributed by atoms with Crippen LogP contribution in [0.25, 0.3) is 0 Å². The molecule has 0 radical (unpaired) electrons. The Labute approximate surface area is 237 Å². The van der Waals surface area contributed by atoms with E-state index < -0.39 is 34.7 Å². The number of rotatable bonds is 5. The number of hydrogen-bond donors (Lipinski definition) is 1. The predicted octanol–water partition coefficient (Wildman–Crippen LogP) is 6.37. The topological polar surface area (TPSA) is 79.5 Å². The second kappa shape index (κ2) is 10.00. The van der Waals surface area contributed by atoms with Gasteiger partial charge in [0.15, 0.2) is 0 Å². The Morgan fingerprint density at radius 1 is 1.03 bits per heavy atom. The molecule has 11 heteroatoms. The van der Waals surface area contributed by atoms with Crippen LogP contribution in [-0.4, -0.2) is 22.0 Å². The Kier molecular flexibility index (Phi) is 6.67. The van der Waals surface area contributed by atoms with Gasteiger partial charge >= 0.3 is 4.87 Å². The smallest absolute Gasteiger partial charge is 0.305 e. The fraction of sp³-hybridized carbons (Fsp3) is 0.148. The number of H-pyrrole nitrogens is 1. The molecule has 6 nitrogen and oxygen atoms in total. The molecule has 0 saturated carbocycles. The summed E-state index contributed by atoms with van der Waals surface area (Å²) < 4.78 is 20.6. The molecule has 1 aromatic heterocycles. The van der Waals surface area contributed by atoms with Gasteiger partial charge in [-0.25, -0.2) is 9.29 Å². The Morgan fingerprint density at radius 3 is 2.58 bits per heavy atom. The molecule has 0 spiro atoms. The van der Waals surface area contributed by atoms with Gasteiger partial charge in [-0.1, -0.05) is 62.8 Å². The maximum absolute atomic E-state index is 13.9. The Balaban J connectivity index is 1.45. The number of carbonyl (C=O) groups is 2. The number of halogens is 3. The van der Waals surface area contributed by atoms with Crippen LogP contribution in [0.5, 0.6) is 5.75 Å². The molecule has 6 rings (SSSR count). The lowest BCUT2D eigenvalue weighted by molar-refractivity contribution is -0.122. The highest BCUT2D eigenvalue weighted by atomic mass is 79.9. The van der Waals surface area contributed by atoms with Gasteiger partial charge in [0.1, 0.15) is 23.4 Å². The molecular formula is C27H17BrClFN2O4S2. The normalized spacial score (nSPS) is 20.4. The lowest BCUT2D eigenvalue weighted by Gasteiger charge is -2.31. The van der Waals surface area contributed by atoms with Gasteiger partial charge in [0.2, 0.25) is 11.8 Å². The molecule has 2 aliphatic heterocycles. The molecule has 4 aromatic rings. The zero-order chi connectivity index (χ0) is 26.6. The number of nitrogens with zero attached hydrogens (tertiary/aromatic N) is 1. The van der Waals surface area contributed by atoms with Gasteiger partial charge in [-0.15, -0.1) is 0 Å². The first-order chi connectivity index (χ1) is 18.3. The van der Waals surface area contributed by atoms with Gasteiger partial charge in [-0.3, -0.25) is 14.4 Å². The predicted molar refractivity (Wildman–Crippen MR) is 149 cm³/mol. The van der Waals surface area contributed by atoms with E-state index in [9.17, 15) is 18.8 Å². The third kappa shape index (κ3) is 4.49. The second-order valence-electron chi connectivity index (χ2n) is 8.84. The minimum Gasteiger partial charge on any atom is -0.489 e. The van der Waals surface area contributed by atoms with Gasteiger partial charge in [0, 0.05) is 25.9 Å². The van der Waals surface area contributed by atoms with Gasteiger partial charge in [-0.2, -0.15) is 0 Å². The number of aromatic amines is 1. The van der Waals surface area contributed by atoms with E-state index >= 15 is 0 Å². The number of aromatic nitrogens is 1. The minimum absolute atomic E-state index is 0.232. The van der Waals surface area contributed by atoms with E-state index in [2.05, 4.69) is 20.9 Å². The highest BCUT2D eigenvalue weighted by Crippen LogP contribution is 2.54. The van der Waals surface area contributed by atoms with Gasteiger partial charge in [-0.05, 0) is 60.2 Å². The van der Waals surface area contributed by atoms with Crippen molar-refractivity contribution in [3.63, 3.8) is 0 Å². The largest absolute Gasteiger partial charge is 0.489 e. The summed E-state index contributed by atoms with van der Waals surface area (Å²) in [6.07, 6.45) is 0. The van der Waals surface area contributed by atoms with Crippen LogP contribution in [0.2, 0.25) is 5.02 Å². The van der Waals surface area contributed by atoms with Crippen molar-refractivity contribution in [2.75, 3.05) is 4.90 Å². The van der Waals surface area contributed by atoms with E-state index in [1.807, 2.05) is 30.3 Å². The summed E-state index contributed by atoms with van der Waals surface area (Å²) in [5, 5.41) is 0.385. The van der Waals surface area contributed by atoms with Crippen molar-refractivity contribution in [2.24, 2.45) is 5.92 Å². The van der Waals surface area contributed by atoms with Crippen LogP contribution in [0, 0.1) is 11.7 Å². The molecule has 38 heavy (non-hydrogen) atoms. The number of nitrogens with one attached hydrogen (secondary N) is 1. The molecule has 2 amide bonds. The molecule has 0 bridgehead atoms. The van der Waals surface area contributed by atoms with Crippen molar-refractivity contribution in [2.45, 2.75) is 22.8 Å². The average Bonchev–Trinajstić information content (AvgIpc) is 3.38. The quantitative estimate of drug-likeness (QED) is 0.259. The van der Waals surface area contributed by atoms with Gasteiger partial charge in [0.05, 0.1) is 16.6 Å². The molecule has 1 saturated heterocycles. The van der Waals surface area contributed by atoms with E-state index in [1.54, 1.807) is 12.1 Å². The summed E-state index contributed by atoms with van der Waals surface area (Å²) in [4.78, 5) is 44.2. The lowest BCUT2D eigenvalue weighted by Crippen LogP contribution is -2.32. The number of fused-ring (bicyclic) bond motifs is 2. The summed E-state index contributed by atoms with van der Waals surface area (Å²) in [6, 6.07) is 18.1. The van der Waals surface area contributed by atoms with Gasteiger partial charge in [0.25, 0.3) is 0 Å². The molecular weight excluding hydrogens is 615 g/mol. The molecule has 3 heterocycles.